The van der Waals surface area contributed by atoms with Gasteiger partial charge in [-0.05, 0) is 43.2 Å². The van der Waals surface area contributed by atoms with Crippen LogP contribution in [0.4, 0.5) is 14.9 Å². The topological polar surface area (TPSA) is 110 Å². The van der Waals surface area contributed by atoms with Gasteiger partial charge in [-0.2, -0.15) is 0 Å². The van der Waals surface area contributed by atoms with Gasteiger partial charge in [-0.1, -0.05) is 11.6 Å². The number of thioether (sulfide) groups is 1. The molecule has 2 aliphatic rings. The first-order chi connectivity index (χ1) is 16.9. The fourth-order valence-corrected chi connectivity index (χ4v) is 5.52. The Kier molecular flexibility index (Phi) is 8.52. The van der Waals surface area contributed by atoms with Crippen LogP contribution in [-0.2, 0) is 36.8 Å². The second-order valence-corrected chi connectivity index (χ2v) is 9.99. The molecule has 0 bridgehead atoms. The number of benzene rings is 1. The molecule has 0 radical (unpaired) electrons. The lowest BCUT2D eigenvalue weighted by molar-refractivity contribution is -0.150. The van der Waals surface area contributed by atoms with Crippen molar-refractivity contribution in [1.82, 2.24) is 9.36 Å². The van der Waals surface area contributed by atoms with E-state index in [1.54, 1.807) is 16.3 Å². The molecule has 2 aromatic rings. The predicted molar refractivity (Wildman–Crippen MR) is 126 cm³/mol. The molecule has 2 unspecified atom stereocenters. The fourth-order valence-electron chi connectivity index (χ4n) is 3.58. The van der Waals surface area contributed by atoms with Gasteiger partial charge in [-0.3, -0.25) is 14.3 Å². The average molecular weight is 548 g/mol. The van der Waals surface area contributed by atoms with Crippen molar-refractivity contribution in [3.05, 3.63) is 37.4 Å². The SMILES string of the molecule is CCOC(=O)OC1COCC1OC(=O)CSc1cc(N=c2sc(=O)n3n2CCCC3)c(F)cc1Cl. The molecule has 1 aromatic carbocycles. The van der Waals surface area contributed by atoms with Crippen LogP contribution in [0.25, 0.3) is 0 Å². The van der Waals surface area contributed by atoms with Crippen LogP contribution in [-0.4, -0.2) is 59.3 Å². The minimum atomic E-state index is -0.861. The summed E-state index contributed by atoms with van der Waals surface area (Å²) in [6.45, 7) is 3.22. The summed E-state index contributed by atoms with van der Waals surface area (Å²) in [5.41, 5.74) is 0.0140. The minimum Gasteiger partial charge on any atom is -0.455 e. The smallest absolute Gasteiger partial charge is 0.455 e. The molecule has 0 N–H and O–H groups in total. The number of aromatic nitrogens is 2. The molecule has 190 valence electrons. The normalized spacial score (nSPS) is 19.9. The van der Waals surface area contributed by atoms with Crippen molar-refractivity contribution in [3.8, 4) is 0 Å². The van der Waals surface area contributed by atoms with Gasteiger partial charge in [0.15, 0.2) is 12.2 Å². The number of halogens is 2. The quantitative estimate of drug-likeness (QED) is 0.384. The fraction of sp³-hybridized carbons (Fsp3) is 0.524. The zero-order valence-electron chi connectivity index (χ0n) is 18.7. The summed E-state index contributed by atoms with van der Waals surface area (Å²) >= 11 is 8.19. The van der Waals surface area contributed by atoms with E-state index < -0.39 is 30.1 Å². The number of hydrogen-bond acceptors (Lipinski definition) is 10. The van der Waals surface area contributed by atoms with E-state index in [-0.39, 0.29) is 41.2 Å². The van der Waals surface area contributed by atoms with Gasteiger partial charge in [0, 0.05) is 18.0 Å². The molecule has 3 heterocycles. The first kappa shape index (κ1) is 25.7. The third-order valence-electron chi connectivity index (χ3n) is 5.23. The lowest BCUT2D eigenvalue weighted by Gasteiger charge is -2.18. The van der Waals surface area contributed by atoms with E-state index in [1.807, 2.05) is 0 Å². The van der Waals surface area contributed by atoms with E-state index in [0.717, 1.165) is 42.0 Å². The number of esters is 1. The number of carbonyl (C=O) groups excluding carboxylic acids is 2. The molecular weight excluding hydrogens is 525 g/mol. The predicted octanol–water partition coefficient (Wildman–Crippen LogP) is 3.11. The van der Waals surface area contributed by atoms with Crippen molar-refractivity contribution in [3.63, 3.8) is 0 Å². The Labute approximate surface area is 212 Å². The van der Waals surface area contributed by atoms with Crippen LogP contribution in [0.3, 0.4) is 0 Å². The zero-order chi connectivity index (χ0) is 24.9. The molecule has 0 amide bonds. The van der Waals surface area contributed by atoms with Crippen molar-refractivity contribution in [2.24, 2.45) is 4.99 Å². The summed E-state index contributed by atoms with van der Waals surface area (Å²) in [5.74, 6) is -1.35. The van der Waals surface area contributed by atoms with Gasteiger partial charge in [0.05, 0.1) is 30.6 Å². The maximum absolute atomic E-state index is 14.6. The summed E-state index contributed by atoms with van der Waals surface area (Å²) in [4.78, 5) is 41.2. The van der Waals surface area contributed by atoms with E-state index in [9.17, 15) is 18.8 Å². The van der Waals surface area contributed by atoms with E-state index in [4.69, 9.17) is 30.5 Å². The van der Waals surface area contributed by atoms with Crippen LogP contribution in [0.5, 0.6) is 0 Å². The van der Waals surface area contributed by atoms with Gasteiger partial charge in [0.1, 0.15) is 11.5 Å². The van der Waals surface area contributed by atoms with Crippen LogP contribution in [0.15, 0.2) is 26.8 Å². The summed E-state index contributed by atoms with van der Waals surface area (Å²) < 4.78 is 38.4. The molecular formula is C21H23ClFN3O7S2. The molecule has 1 aromatic heterocycles. The lowest BCUT2D eigenvalue weighted by atomic mass is 10.2. The third-order valence-corrected chi connectivity index (χ3v) is 7.55. The van der Waals surface area contributed by atoms with Crippen molar-refractivity contribution < 1.29 is 32.9 Å². The lowest BCUT2D eigenvalue weighted by Crippen LogP contribution is -2.34. The molecule has 1 saturated heterocycles. The van der Waals surface area contributed by atoms with Gasteiger partial charge in [0.2, 0.25) is 4.80 Å². The summed E-state index contributed by atoms with van der Waals surface area (Å²) in [6.07, 6.45) is -0.568. The average Bonchev–Trinajstić information content (AvgIpc) is 3.38. The van der Waals surface area contributed by atoms with Gasteiger partial charge in [0.25, 0.3) is 0 Å². The zero-order valence-corrected chi connectivity index (χ0v) is 21.1. The number of rotatable bonds is 7. The largest absolute Gasteiger partial charge is 0.508 e. The monoisotopic (exact) mass is 547 g/mol. The van der Waals surface area contributed by atoms with Crippen LogP contribution in [0.1, 0.15) is 19.8 Å². The summed E-state index contributed by atoms with van der Waals surface area (Å²) in [7, 11) is 0. The Hall–Kier alpha value is -2.35. The number of nitrogens with zero attached hydrogens (tertiary/aromatic N) is 3. The van der Waals surface area contributed by atoms with E-state index >= 15 is 0 Å². The van der Waals surface area contributed by atoms with Crippen molar-refractivity contribution in [2.45, 2.75) is 50.0 Å². The number of ether oxygens (including phenoxy) is 4. The highest BCUT2D eigenvalue weighted by atomic mass is 35.5. The van der Waals surface area contributed by atoms with Gasteiger partial charge in [-0.25, -0.2) is 18.9 Å². The van der Waals surface area contributed by atoms with Crippen LogP contribution in [0, 0.1) is 5.82 Å². The Bertz CT molecular complexity index is 1230. The Morgan fingerprint density at radius 2 is 1.94 bits per heavy atom. The highest BCUT2D eigenvalue weighted by Gasteiger charge is 2.35. The standard InChI is InChI=1S/C21H23ClFN3O7S2/c1-2-31-21(29)33-16-10-30-9-15(16)32-18(27)11-34-17-8-14(13(23)7-12(17)22)24-19-25-5-3-4-6-26(25)20(28)35-19/h7-8,15-16H,2-6,9-11H2,1H3. The number of carbonyl (C=O) groups is 2. The molecule has 2 aliphatic heterocycles. The molecule has 0 saturated carbocycles. The van der Waals surface area contributed by atoms with Crippen molar-refractivity contribution >= 4 is 52.5 Å². The summed E-state index contributed by atoms with van der Waals surface area (Å²) in [5, 5.41) is 0.117. The molecule has 35 heavy (non-hydrogen) atoms. The molecule has 0 spiro atoms. The van der Waals surface area contributed by atoms with E-state index in [1.165, 1.54) is 6.07 Å². The third kappa shape index (κ3) is 6.26. The first-order valence-electron chi connectivity index (χ1n) is 10.9. The van der Waals surface area contributed by atoms with Gasteiger partial charge >= 0.3 is 17.0 Å². The molecule has 2 atom stereocenters. The van der Waals surface area contributed by atoms with Crippen LogP contribution < -0.4 is 9.67 Å². The second kappa shape index (κ2) is 11.6. The molecule has 0 aliphatic carbocycles. The highest BCUT2D eigenvalue weighted by Crippen LogP contribution is 2.33. The molecule has 10 nitrogen and oxygen atoms in total. The Balaban J connectivity index is 1.43. The van der Waals surface area contributed by atoms with Crippen molar-refractivity contribution in [1.29, 1.82) is 0 Å². The molecule has 1 fully saturated rings. The van der Waals surface area contributed by atoms with Gasteiger partial charge < -0.3 is 18.9 Å². The number of hydrogen-bond donors (Lipinski definition) is 0. The highest BCUT2D eigenvalue weighted by molar-refractivity contribution is 8.00. The van der Waals surface area contributed by atoms with Crippen LogP contribution in [0.2, 0.25) is 5.02 Å². The minimum absolute atomic E-state index is 0.0140. The molecule has 14 heteroatoms. The Morgan fingerprint density at radius 1 is 1.23 bits per heavy atom. The number of fused-ring (bicyclic) bond motifs is 1. The maximum Gasteiger partial charge on any atom is 0.508 e. The summed E-state index contributed by atoms with van der Waals surface area (Å²) in [6, 6.07) is 2.56. The van der Waals surface area contributed by atoms with E-state index in [2.05, 4.69) is 4.99 Å². The second-order valence-electron chi connectivity index (χ2n) is 7.64. The van der Waals surface area contributed by atoms with Crippen molar-refractivity contribution in [2.75, 3.05) is 25.6 Å². The first-order valence-corrected chi connectivity index (χ1v) is 13.1. The Morgan fingerprint density at radius 3 is 2.69 bits per heavy atom. The van der Waals surface area contributed by atoms with Crippen LogP contribution >= 0.6 is 34.7 Å². The maximum atomic E-state index is 14.6. The van der Waals surface area contributed by atoms with E-state index in [0.29, 0.717) is 22.8 Å². The van der Waals surface area contributed by atoms with Gasteiger partial charge in [-0.15, -0.1) is 11.8 Å². The molecule has 4 rings (SSSR count).